The van der Waals surface area contributed by atoms with Gasteiger partial charge in [0, 0.05) is 26.3 Å². The highest BCUT2D eigenvalue weighted by Gasteiger charge is 2.19. The van der Waals surface area contributed by atoms with Crippen LogP contribution in [0.1, 0.15) is 30.7 Å². The van der Waals surface area contributed by atoms with Crippen molar-refractivity contribution in [3.63, 3.8) is 0 Å². The van der Waals surface area contributed by atoms with Crippen LogP contribution >= 0.6 is 0 Å². The fourth-order valence-electron chi connectivity index (χ4n) is 2.14. The molecule has 1 saturated heterocycles. The van der Waals surface area contributed by atoms with Crippen molar-refractivity contribution in [3.8, 4) is 0 Å². The van der Waals surface area contributed by atoms with Crippen LogP contribution in [0.3, 0.4) is 0 Å². The summed E-state index contributed by atoms with van der Waals surface area (Å²) >= 11 is 0. The fourth-order valence-corrected chi connectivity index (χ4v) is 2.14. The summed E-state index contributed by atoms with van der Waals surface area (Å²) in [5.74, 6) is 0.661. The number of rotatable bonds is 4. The van der Waals surface area contributed by atoms with Crippen molar-refractivity contribution in [1.29, 1.82) is 0 Å². The summed E-state index contributed by atoms with van der Waals surface area (Å²) in [5, 5.41) is 3.77. The molecule has 0 bridgehead atoms. The highest BCUT2D eigenvalue weighted by molar-refractivity contribution is 5.77. The molecule has 5 nitrogen and oxygen atoms in total. The van der Waals surface area contributed by atoms with Crippen LogP contribution < -0.4 is 0 Å². The molecule has 2 heterocycles. The number of amides is 1. The Labute approximate surface area is 107 Å². The molecule has 18 heavy (non-hydrogen) atoms. The van der Waals surface area contributed by atoms with Gasteiger partial charge in [-0.3, -0.25) is 4.79 Å². The molecule has 5 heteroatoms. The van der Waals surface area contributed by atoms with E-state index in [0.717, 1.165) is 25.1 Å². The van der Waals surface area contributed by atoms with Crippen molar-refractivity contribution >= 4 is 5.91 Å². The monoisotopic (exact) mass is 252 g/mol. The molecular formula is C13H20N2O3. The van der Waals surface area contributed by atoms with E-state index < -0.39 is 0 Å². The van der Waals surface area contributed by atoms with Crippen LogP contribution in [0.4, 0.5) is 0 Å². The van der Waals surface area contributed by atoms with Crippen LogP contribution in [0.15, 0.2) is 10.6 Å². The Bertz CT molecular complexity index is 397. The van der Waals surface area contributed by atoms with Crippen LogP contribution in [0.2, 0.25) is 0 Å². The van der Waals surface area contributed by atoms with Crippen molar-refractivity contribution in [2.45, 2.75) is 38.7 Å². The van der Waals surface area contributed by atoms with Gasteiger partial charge in [-0.15, -0.1) is 0 Å². The predicted molar refractivity (Wildman–Crippen MR) is 66.2 cm³/mol. The molecule has 0 spiro atoms. The zero-order valence-electron chi connectivity index (χ0n) is 11.0. The average molecular weight is 252 g/mol. The Morgan fingerprint density at radius 3 is 3.00 bits per heavy atom. The number of ether oxygens (including phenoxy) is 1. The maximum absolute atomic E-state index is 12.0. The molecule has 2 rings (SSSR count). The standard InChI is InChI=1S/C13H20N2O3/c1-10-7-12(18-14-10)8-13(16)15(2)9-11-5-3-4-6-17-11/h7,11H,3-6,8-9H2,1-2H3. The van der Waals surface area contributed by atoms with Gasteiger partial charge < -0.3 is 14.2 Å². The van der Waals surface area contributed by atoms with Gasteiger partial charge in [-0.2, -0.15) is 0 Å². The number of aryl methyl sites for hydroxylation is 1. The van der Waals surface area contributed by atoms with Crippen LogP contribution in [0.25, 0.3) is 0 Å². The van der Waals surface area contributed by atoms with Gasteiger partial charge in [0.2, 0.25) is 5.91 Å². The molecule has 1 aromatic heterocycles. The predicted octanol–water partition coefficient (Wildman–Crippen LogP) is 1.55. The summed E-state index contributed by atoms with van der Waals surface area (Å²) < 4.78 is 10.7. The molecule has 0 aromatic carbocycles. The molecule has 0 saturated carbocycles. The van der Waals surface area contributed by atoms with Crippen molar-refractivity contribution < 1.29 is 14.1 Å². The van der Waals surface area contributed by atoms with Crippen LogP contribution in [-0.2, 0) is 16.0 Å². The molecule has 1 atom stereocenters. The number of hydrogen-bond acceptors (Lipinski definition) is 4. The zero-order chi connectivity index (χ0) is 13.0. The summed E-state index contributed by atoms with van der Waals surface area (Å²) in [6.07, 6.45) is 3.81. The SMILES string of the molecule is Cc1cc(CC(=O)N(C)CC2CCCCO2)on1. The smallest absolute Gasteiger partial charge is 0.230 e. The van der Waals surface area contributed by atoms with E-state index in [0.29, 0.717) is 12.3 Å². The summed E-state index contributed by atoms with van der Waals surface area (Å²) in [6, 6.07) is 1.79. The van der Waals surface area contributed by atoms with Gasteiger partial charge in [0.05, 0.1) is 18.2 Å². The van der Waals surface area contributed by atoms with E-state index in [2.05, 4.69) is 5.16 Å². The minimum absolute atomic E-state index is 0.0420. The Hall–Kier alpha value is -1.36. The number of carbonyl (C=O) groups is 1. The Balaban J connectivity index is 1.80. The van der Waals surface area contributed by atoms with Crippen LogP contribution in [0.5, 0.6) is 0 Å². The lowest BCUT2D eigenvalue weighted by Crippen LogP contribution is -2.37. The molecule has 0 aliphatic carbocycles. The van der Waals surface area contributed by atoms with E-state index in [4.69, 9.17) is 9.26 Å². The summed E-state index contributed by atoms with van der Waals surface area (Å²) in [4.78, 5) is 13.7. The third-order valence-corrected chi connectivity index (χ3v) is 3.18. The van der Waals surface area contributed by atoms with Gasteiger partial charge in [0.1, 0.15) is 5.76 Å². The first kappa shape index (κ1) is 13.1. The molecule has 1 unspecified atom stereocenters. The maximum Gasteiger partial charge on any atom is 0.230 e. The largest absolute Gasteiger partial charge is 0.376 e. The number of aromatic nitrogens is 1. The molecule has 100 valence electrons. The first-order valence-corrected chi connectivity index (χ1v) is 6.43. The maximum atomic E-state index is 12.0. The minimum Gasteiger partial charge on any atom is -0.376 e. The highest BCUT2D eigenvalue weighted by Crippen LogP contribution is 2.14. The number of carbonyl (C=O) groups excluding carboxylic acids is 1. The summed E-state index contributed by atoms with van der Waals surface area (Å²) in [5.41, 5.74) is 0.802. The van der Waals surface area contributed by atoms with Gasteiger partial charge in [-0.25, -0.2) is 0 Å². The normalized spacial score (nSPS) is 19.8. The van der Waals surface area contributed by atoms with Crippen molar-refractivity contribution in [3.05, 3.63) is 17.5 Å². The number of likely N-dealkylation sites (N-methyl/N-ethyl adjacent to an activating group) is 1. The van der Waals surface area contributed by atoms with Gasteiger partial charge in [0.15, 0.2) is 0 Å². The highest BCUT2D eigenvalue weighted by atomic mass is 16.5. The van der Waals surface area contributed by atoms with E-state index in [9.17, 15) is 4.79 Å². The van der Waals surface area contributed by atoms with Gasteiger partial charge in [-0.05, 0) is 26.2 Å². The second-order valence-corrected chi connectivity index (χ2v) is 4.87. The van der Waals surface area contributed by atoms with Crippen molar-refractivity contribution in [2.75, 3.05) is 20.2 Å². The molecule has 1 aromatic rings. The lowest BCUT2D eigenvalue weighted by Gasteiger charge is -2.27. The van der Waals surface area contributed by atoms with E-state index in [1.165, 1.54) is 6.42 Å². The summed E-state index contributed by atoms with van der Waals surface area (Å²) in [7, 11) is 1.81. The topological polar surface area (TPSA) is 55.6 Å². The minimum atomic E-state index is 0.0420. The van der Waals surface area contributed by atoms with Gasteiger partial charge in [-0.1, -0.05) is 5.16 Å². The van der Waals surface area contributed by atoms with Gasteiger partial charge in [0.25, 0.3) is 0 Å². The lowest BCUT2D eigenvalue weighted by molar-refractivity contribution is -0.131. The fraction of sp³-hybridized carbons (Fsp3) is 0.692. The third kappa shape index (κ3) is 3.57. The number of nitrogens with zero attached hydrogens (tertiary/aromatic N) is 2. The first-order valence-electron chi connectivity index (χ1n) is 6.43. The van der Waals surface area contributed by atoms with Crippen LogP contribution in [0, 0.1) is 6.92 Å². The zero-order valence-corrected chi connectivity index (χ0v) is 11.0. The van der Waals surface area contributed by atoms with Crippen molar-refractivity contribution in [2.24, 2.45) is 0 Å². The van der Waals surface area contributed by atoms with Gasteiger partial charge >= 0.3 is 0 Å². The molecular weight excluding hydrogens is 232 g/mol. The molecule has 1 fully saturated rings. The van der Waals surface area contributed by atoms with Crippen LogP contribution in [-0.4, -0.2) is 42.3 Å². The molecule has 1 aliphatic rings. The second-order valence-electron chi connectivity index (χ2n) is 4.87. The van der Waals surface area contributed by atoms with E-state index in [-0.39, 0.29) is 18.4 Å². The third-order valence-electron chi connectivity index (χ3n) is 3.18. The van der Waals surface area contributed by atoms with Crippen molar-refractivity contribution in [1.82, 2.24) is 10.1 Å². The van der Waals surface area contributed by atoms with E-state index >= 15 is 0 Å². The quantitative estimate of drug-likeness (QED) is 0.816. The van der Waals surface area contributed by atoms with E-state index in [1.807, 2.05) is 14.0 Å². The summed E-state index contributed by atoms with van der Waals surface area (Å²) in [6.45, 7) is 3.32. The molecule has 1 amide bonds. The second kappa shape index (κ2) is 6.00. The Kier molecular flexibility index (Phi) is 4.36. The average Bonchev–Trinajstić information content (AvgIpc) is 2.76. The first-order chi connectivity index (χ1) is 8.65. The molecule has 1 aliphatic heterocycles. The molecule has 0 radical (unpaired) electrons. The Morgan fingerprint density at radius 2 is 2.39 bits per heavy atom. The number of hydrogen-bond donors (Lipinski definition) is 0. The lowest BCUT2D eigenvalue weighted by atomic mass is 10.1. The Morgan fingerprint density at radius 1 is 1.56 bits per heavy atom. The van der Waals surface area contributed by atoms with E-state index in [1.54, 1.807) is 11.0 Å². The molecule has 0 N–H and O–H groups in total.